The molecule has 0 saturated carbocycles. The second-order valence-electron chi connectivity index (χ2n) is 6.09. The van der Waals surface area contributed by atoms with Crippen molar-refractivity contribution in [1.82, 2.24) is 9.62 Å². The number of nitrogens with zero attached hydrogens (tertiary/aromatic N) is 1. The average molecular weight is 378 g/mol. The molecule has 0 fully saturated rings. The van der Waals surface area contributed by atoms with Gasteiger partial charge in [-0.3, -0.25) is 4.79 Å². The zero-order valence-electron chi connectivity index (χ0n) is 14.9. The summed E-state index contributed by atoms with van der Waals surface area (Å²) in [5.41, 5.74) is 0.599. The zero-order chi connectivity index (χ0) is 19.2. The molecule has 2 rings (SSSR count). The molecule has 1 N–H and O–H groups in total. The fraction of sp³-hybridized carbons (Fsp3) is 0.316. The van der Waals surface area contributed by atoms with Crippen molar-refractivity contribution < 1.29 is 17.6 Å². The number of carbonyl (C=O) groups is 1. The van der Waals surface area contributed by atoms with Gasteiger partial charge in [-0.25, -0.2) is 12.8 Å². The second kappa shape index (κ2) is 8.91. The average Bonchev–Trinajstić information content (AvgIpc) is 2.63. The number of hydrogen-bond acceptors (Lipinski definition) is 3. The number of amides is 1. The van der Waals surface area contributed by atoms with Crippen molar-refractivity contribution in [3.8, 4) is 0 Å². The number of rotatable bonds is 8. The van der Waals surface area contributed by atoms with E-state index in [-0.39, 0.29) is 29.9 Å². The Labute approximate surface area is 153 Å². The lowest BCUT2D eigenvalue weighted by atomic mass is 10.2. The maximum atomic E-state index is 13.1. The third kappa shape index (κ3) is 5.37. The molecule has 1 amide bonds. The van der Waals surface area contributed by atoms with Gasteiger partial charge >= 0.3 is 0 Å². The van der Waals surface area contributed by atoms with E-state index in [0.717, 1.165) is 10.7 Å². The molecule has 7 heteroatoms. The Kier molecular flexibility index (Phi) is 6.88. The van der Waals surface area contributed by atoms with Gasteiger partial charge in [-0.05, 0) is 43.2 Å². The van der Waals surface area contributed by atoms with Crippen LogP contribution in [-0.2, 0) is 21.4 Å². The van der Waals surface area contributed by atoms with E-state index in [1.54, 1.807) is 18.2 Å². The number of halogens is 1. The van der Waals surface area contributed by atoms with Gasteiger partial charge in [-0.2, -0.15) is 4.31 Å². The minimum atomic E-state index is -3.87. The van der Waals surface area contributed by atoms with Crippen LogP contribution in [0.5, 0.6) is 0 Å². The second-order valence-corrected chi connectivity index (χ2v) is 8.03. The number of hydrogen-bond donors (Lipinski definition) is 1. The van der Waals surface area contributed by atoms with Crippen LogP contribution in [0, 0.1) is 5.82 Å². The Morgan fingerprint density at radius 2 is 1.73 bits per heavy atom. The summed E-state index contributed by atoms with van der Waals surface area (Å²) >= 11 is 0. The van der Waals surface area contributed by atoms with Gasteiger partial charge in [0, 0.05) is 12.6 Å². The van der Waals surface area contributed by atoms with Crippen molar-refractivity contribution in [3.05, 3.63) is 66.0 Å². The van der Waals surface area contributed by atoms with E-state index in [1.807, 2.05) is 13.8 Å². The summed E-state index contributed by atoms with van der Waals surface area (Å²) in [6.45, 7) is 3.46. The highest BCUT2D eigenvalue weighted by Gasteiger charge is 2.27. The molecular weight excluding hydrogens is 355 g/mol. The maximum Gasteiger partial charge on any atom is 0.243 e. The Morgan fingerprint density at radius 3 is 2.31 bits per heavy atom. The summed E-state index contributed by atoms with van der Waals surface area (Å²) in [5.74, 6) is -0.776. The molecule has 0 aliphatic carbocycles. The van der Waals surface area contributed by atoms with Crippen molar-refractivity contribution in [2.24, 2.45) is 0 Å². The summed E-state index contributed by atoms with van der Waals surface area (Å²) < 4.78 is 40.2. The van der Waals surface area contributed by atoms with E-state index in [9.17, 15) is 17.6 Å². The summed E-state index contributed by atoms with van der Waals surface area (Å²) in [6, 6.07) is 13.5. The predicted octanol–water partition coefficient (Wildman–Crippen LogP) is 2.93. The molecule has 0 aliphatic rings. The van der Waals surface area contributed by atoms with E-state index < -0.39 is 15.8 Å². The lowest BCUT2D eigenvalue weighted by Gasteiger charge is -2.23. The van der Waals surface area contributed by atoms with Crippen molar-refractivity contribution in [3.63, 3.8) is 0 Å². The molecule has 0 spiro atoms. The molecule has 2 aromatic carbocycles. The summed E-state index contributed by atoms with van der Waals surface area (Å²) in [7, 11) is -3.87. The molecular formula is C19H23FN2O3S. The fourth-order valence-electron chi connectivity index (χ4n) is 2.34. The van der Waals surface area contributed by atoms with Gasteiger partial charge in [-0.15, -0.1) is 0 Å². The van der Waals surface area contributed by atoms with Gasteiger partial charge in [0.1, 0.15) is 5.82 Å². The van der Waals surface area contributed by atoms with Crippen molar-refractivity contribution >= 4 is 15.9 Å². The largest absolute Gasteiger partial charge is 0.353 e. The Bertz CT molecular complexity index is 824. The van der Waals surface area contributed by atoms with E-state index in [1.165, 1.54) is 36.4 Å². The first-order valence-electron chi connectivity index (χ1n) is 8.42. The normalized spacial score (nSPS) is 12.8. The summed E-state index contributed by atoms with van der Waals surface area (Å²) in [5, 5.41) is 2.77. The highest BCUT2D eigenvalue weighted by Crippen LogP contribution is 2.18. The van der Waals surface area contributed by atoms with Crippen molar-refractivity contribution in [2.45, 2.75) is 37.8 Å². The molecule has 1 unspecified atom stereocenters. The van der Waals surface area contributed by atoms with Gasteiger partial charge in [0.15, 0.2) is 0 Å². The van der Waals surface area contributed by atoms with Crippen molar-refractivity contribution in [2.75, 3.05) is 6.54 Å². The SMILES string of the molecule is CCC(C)NC(=O)CN(Cc1ccc(F)cc1)S(=O)(=O)c1ccccc1. The number of carbonyl (C=O) groups excluding carboxylic acids is 1. The quantitative estimate of drug-likeness (QED) is 0.768. The van der Waals surface area contributed by atoms with Gasteiger partial charge in [0.25, 0.3) is 0 Å². The van der Waals surface area contributed by atoms with Crippen LogP contribution in [0.1, 0.15) is 25.8 Å². The van der Waals surface area contributed by atoms with Crippen LogP contribution in [0.25, 0.3) is 0 Å². The molecule has 0 saturated heterocycles. The number of benzene rings is 2. The van der Waals surface area contributed by atoms with Crippen LogP contribution in [0.4, 0.5) is 4.39 Å². The standard InChI is InChI=1S/C19H23FN2O3S/c1-3-15(2)21-19(23)14-22(13-16-9-11-17(20)12-10-16)26(24,25)18-7-5-4-6-8-18/h4-12,15H,3,13-14H2,1-2H3,(H,21,23). The van der Waals surface area contributed by atoms with E-state index in [4.69, 9.17) is 0 Å². The first kappa shape index (κ1) is 20.1. The molecule has 0 radical (unpaired) electrons. The molecule has 5 nitrogen and oxygen atoms in total. The number of sulfonamides is 1. The molecule has 140 valence electrons. The monoisotopic (exact) mass is 378 g/mol. The molecule has 1 atom stereocenters. The highest BCUT2D eigenvalue weighted by molar-refractivity contribution is 7.89. The minimum absolute atomic E-state index is 0.0224. The van der Waals surface area contributed by atoms with Crippen LogP contribution >= 0.6 is 0 Å². The van der Waals surface area contributed by atoms with E-state index >= 15 is 0 Å². The van der Waals surface area contributed by atoms with E-state index in [2.05, 4.69) is 5.32 Å². The molecule has 0 aliphatic heterocycles. The van der Waals surface area contributed by atoms with Crippen LogP contribution in [-0.4, -0.2) is 31.2 Å². The lowest BCUT2D eigenvalue weighted by Crippen LogP contribution is -2.43. The van der Waals surface area contributed by atoms with Crippen LogP contribution in [0.3, 0.4) is 0 Å². The van der Waals surface area contributed by atoms with Crippen molar-refractivity contribution in [1.29, 1.82) is 0 Å². The van der Waals surface area contributed by atoms with Gasteiger partial charge in [-0.1, -0.05) is 37.3 Å². The van der Waals surface area contributed by atoms with Crippen LogP contribution in [0.15, 0.2) is 59.5 Å². The zero-order valence-corrected chi connectivity index (χ0v) is 15.7. The molecule has 0 bridgehead atoms. The first-order valence-corrected chi connectivity index (χ1v) is 9.86. The highest BCUT2D eigenvalue weighted by atomic mass is 32.2. The minimum Gasteiger partial charge on any atom is -0.353 e. The fourth-order valence-corrected chi connectivity index (χ4v) is 3.75. The smallest absolute Gasteiger partial charge is 0.243 e. The van der Waals surface area contributed by atoms with Crippen LogP contribution < -0.4 is 5.32 Å². The topological polar surface area (TPSA) is 66.5 Å². The third-order valence-corrected chi connectivity index (χ3v) is 5.80. The lowest BCUT2D eigenvalue weighted by molar-refractivity contribution is -0.122. The predicted molar refractivity (Wildman–Crippen MR) is 98.3 cm³/mol. The Hall–Kier alpha value is -2.25. The summed E-state index contributed by atoms with van der Waals surface area (Å²) in [6.07, 6.45) is 0.745. The molecule has 0 aromatic heterocycles. The molecule has 2 aromatic rings. The summed E-state index contributed by atoms with van der Waals surface area (Å²) in [4.78, 5) is 12.4. The van der Waals surface area contributed by atoms with Gasteiger partial charge in [0.05, 0.1) is 11.4 Å². The Morgan fingerprint density at radius 1 is 1.12 bits per heavy atom. The molecule has 0 heterocycles. The van der Waals surface area contributed by atoms with E-state index in [0.29, 0.717) is 5.56 Å². The van der Waals surface area contributed by atoms with Crippen LogP contribution in [0.2, 0.25) is 0 Å². The first-order chi connectivity index (χ1) is 12.3. The van der Waals surface area contributed by atoms with Gasteiger partial charge in [0.2, 0.25) is 15.9 Å². The maximum absolute atomic E-state index is 13.1. The molecule has 26 heavy (non-hydrogen) atoms. The Balaban J connectivity index is 2.28. The van der Waals surface area contributed by atoms with Gasteiger partial charge < -0.3 is 5.32 Å². The third-order valence-electron chi connectivity index (χ3n) is 3.99. The number of nitrogens with one attached hydrogen (secondary N) is 1.